The van der Waals surface area contributed by atoms with Gasteiger partial charge in [0.05, 0.1) is 18.8 Å². The third-order valence-electron chi connectivity index (χ3n) is 4.71. The van der Waals surface area contributed by atoms with Crippen LogP contribution in [0.15, 0.2) is 0 Å². The van der Waals surface area contributed by atoms with Gasteiger partial charge in [0.25, 0.3) is 12.9 Å². The molecule has 3 saturated heterocycles. The van der Waals surface area contributed by atoms with Gasteiger partial charge in [-0.1, -0.05) is 6.92 Å². The maximum Gasteiger partial charge on any atom is 0.294 e. The van der Waals surface area contributed by atoms with E-state index in [1.165, 1.54) is 0 Å². The lowest BCUT2D eigenvalue weighted by atomic mass is 9.84. The fraction of sp³-hybridized carbons (Fsp3) is 0.846. The Balaban J connectivity index is 1.88. The lowest BCUT2D eigenvalue weighted by Crippen LogP contribution is -2.52. The van der Waals surface area contributed by atoms with Crippen LogP contribution >= 0.6 is 0 Å². The predicted octanol–water partition coefficient (Wildman–Crippen LogP) is -1.59. The summed E-state index contributed by atoms with van der Waals surface area (Å²) in [6.45, 7) is 3.39. The molecule has 0 aromatic rings. The molecule has 0 aromatic carbocycles. The van der Waals surface area contributed by atoms with Gasteiger partial charge < -0.3 is 24.1 Å². The minimum atomic E-state index is -1.03. The Morgan fingerprint density at radius 2 is 2.19 bits per heavy atom. The van der Waals surface area contributed by atoms with E-state index < -0.39 is 24.0 Å². The van der Waals surface area contributed by atoms with Crippen molar-refractivity contribution in [1.29, 1.82) is 0 Å². The molecule has 3 fully saturated rings. The van der Waals surface area contributed by atoms with Gasteiger partial charge in [0.2, 0.25) is 0 Å². The first-order valence-corrected chi connectivity index (χ1v) is 6.99. The van der Waals surface area contributed by atoms with Crippen molar-refractivity contribution in [3.05, 3.63) is 0 Å². The smallest absolute Gasteiger partial charge is 0.294 e. The number of rotatable bonds is 5. The summed E-state index contributed by atoms with van der Waals surface area (Å²) in [6.07, 6.45) is -2.25. The molecule has 3 rings (SSSR count). The highest BCUT2D eigenvalue weighted by Gasteiger charge is 2.66. The summed E-state index contributed by atoms with van der Waals surface area (Å²) in [5.41, 5.74) is -1.03. The zero-order valence-electron chi connectivity index (χ0n) is 11.6. The van der Waals surface area contributed by atoms with Crippen LogP contribution in [0.5, 0.6) is 0 Å². The molecule has 3 aliphatic rings. The van der Waals surface area contributed by atoms with Crippen molar-refractivity contribution in [2.45, 2.75) is 37.1 Å². The van der Waals surface area contributed by atoms with Crippen molar-refractivity contribution in [3.63, 3.8) is 0 Å². The lowest BCUT2D eigenvalue weighted by molar-refractivity contribution is -0.200. The maximum atomic E-state index is 10.7. The van der Waals surface area contributed by atoms with Crippen LogP contribution in [0.1, 0.15) is 6.92 Å². The van der Waals surface area contributed by atoms with E-state index in [2.05, 4.69) is 5.32 Å². The molecule has 3 aliphatic heterocycles. The summed E-state index contributed by atoms with van der Waals surface area (Å²) < 4.78 is 21.8. The molecule has 3 heterocycles. The Hall–Kier alpha value is -1.22. The van der Waals surface area contributed by atoms with Gasteiger partial charge in [-0.25, -0.2) is 0 Å². The van der Waals surface area contributed by atoms with Crippen molar-refractivity contribution in [2.75, 3.05) is 19.8 Å². The average Bonchev–Trinajstić information content (AvgIpc) is 2.97. The Bertz CT molecular complexity index is 419. The summed E-state index contributed by atoms with van der Waals surface area (Å²) in [7, 11) is 0. The molecule has 0 spiro atoms. The standard InChI is InChI=1S/C13H19NO7/c1-7-3-19-10-8-2-14-12(20-6-16)13(8,4-18-5-15)21-11(10)9(7)17/h5-12,14,17H,2-4H2,1H3/t7-,8?,9-,10+,11+,12+,13-/m1/s1. The number of hydrogen-bond acceptors (Lipinski definition) is 8. The van der Waals surface area contributed by atoms with Gasteiger partial charge in [-0.2, -0.15) is 0 Å². The lowest BCUT2D eigenvalue weighted by Gasteiger charge is -2.36. The molecule has 0 bridgehead atoms. The van der Waals surface area contributed by atoms with Gasteiger partial charge in [0, 0.05) is 18.4 Å². The number of fused-ring (bicyclic) bond motifs is 3. The first kappa shape index (κ1) is 14.7. The molecule has 0 radical (unpaired) electrons. The quantitative estimate of drug-likeness (QED) is 0.586. The Morgan fingerprint density at radius 3 is 2.90 bits per heavy atom. The van der Waals surface area contributed by atoms with E-state index in [-0.39, 0.29) is 24.5 Å². The highest BCUT2D eigenvalue weighted by atomic mass is 16.6. The molecule has 2 N–H and O–H groups in total. The van der Waals surface area contributed by atoms with Crippen LogP contribution in [0.2, 0.25) is 0 Å². The van der Waals surface area contributed by atoms with E-state index in [0.717, 1.165) is 0 Å². The maximum absolute atomic E-state index is 10.7. The summed E-state index contributed by atoms with van der Waals surface area (Å²) in [6, 6.07) is 0. The first-order chi connectivity index (χ1) is 10.1. The highest BCUT2D eigenvalue weighted by Crippen LogP contribution is 2.47. The van der Waals surface area contributed by atoms with Crippen LogP contribution in [-0.4, -0.2) is 68.0 Å². The van der Waals surface area contributed by atoms with E-state index >= 15 is 0 Å². The largest absolute Gasteiger partial charge is 0.465 e. The number of hydrogen-bond donors (Lipinski definition) is 2. The van der Waals surface area contributed by atoms with Crippen molar-refractivity contribution < 1.29 is 33.6 Å². The molecular formula is C13H19NO7. The van der Waals surface area contributed by atoms with Gasteiger partial charge in [-0.3, -0.25) is 14.9 Å². The average molecular weight is 301 g/mol. The second-order valence-electron chi connectivity index (χ2n) is 5.84. The number of carbonyl (C=O) groups is 2. The molecule has 8 nitrogen and oxygen atoms in total. The molecule has 0 amide bonds. The SMILES string of the molecule is C[C@@H]1CO[C@H]2C3CN[C@@H](OC=O)[C@]3(COC=O)O[C@H]2[C@@H]1O. The molecule has 21 heavy (non-hydrogen) atoms. The zero-order chi connectivity index (χ0) is 15.0. The zero-order valence-corrected chi connectivity index (χ0v) is 11.6. The molecule has 8 heteroatoms. The molecule has 1 unspecified atom stereocenters. The Morgan fingerprint density at radius 1 is 1.38 bits per heavy atom. The third-order valence-corrected chi connectivity index (χ3v) is 4.71. The van der Waals surface area contributed by atoms with Crippen LogP contribution in [-0.2, 0) is 28.5 Å². The Labute approximate surface area is 121 Å². The Kier molecular flexibility index (Phi) is 3.87. The summed E-state index contributed by atoms with van der Waals surface area (Å²) in [5.74, 6) is -0.220. The van der Waals surface area contributed by atoms with E-state index in [4.69, 9.17) is 18.9 Å². The summed E-state index contributed by atoms with van der Waals surface area (Å²) >= 11 is 0. The molecule has 7 atom stereocenters. The third kappa shape index (κ3) is 2.13. The van der Waals surface area contributed by atoms with Crippen LogP contribution in [0, 0.1) is 11.8 Å². The fourth-order valence-corrected chi connectivity index (χ4v) is 3.63. The minimum absolute atomic E-state index is 0.0486. The fourth-order valence-electron chi connectivity index (χ4n) is 3.63. The number of ether oxygens (including phenoxy) is 4. The van der Waals surface area contributed by atoms with Gasteiger partial charge in [0.1, 0.15) is 12.7 Å². The highest BCUT2D eigenvalue weighted by molar-refractivity contribution is 5.39. The summed E-state index contributed by atoms with van der Waals surface area (Å²) in [5, 5.41) is 13.3. The van der Waals surface area contributed by atoms with Gasteiger partial charge in [-0.15, -0.1) is 0 Å². The van der Waals surface area contributed by atoms with E-state index in [9.17, 15) is 14.7 Å². The normalized spacial score (nSPS) is 48.3. The second-order valence-corrected chi connectivity index (χ2v) is 5.84. The molecule has 0 aliphatic carbocycles. The minimum Gasteiger partial charge on any atom is -0.465 e. The molecule has 0 aromatic heterocycles. The first-order valence-electron chi connectivity index (χ1n) is 6.99. The second kappa shape index (κ2) is 5.53. The summed E-state index contributed by atoms with van der Waals surface area (Å²) in [4.78, 5) is 21.2. The molecular weight excluding hydrogens is 282 g/mol. The van der Waals surface area contributed by atoms with Crippen LogP contribution in [0.3, 0.4) is 0 Å². The van der Waals surface area contributed by atoms with Crippen LogP contribution < -0.4 is 5.32 Å². The van der Waals surface area contributed by atoms with Crippen molar-refractivity contribution >= 4 is 12.9 Å². The number of carbonyl (C=O) groups excluding carboxylic acids is 2. The van der Waals surface area contributed by atoms with Crippen LogP contribution in [0.25, 0.3) is 0 Å². The van der Waals surface area contributed by atoms with Crippen LogP contribution in [0.4, 0.5) is 0 Å². The van der Waals surface area contributed by atoms with Gasteiger partial charge in [-0.05, 0) is 0 Å². The van der Waals surface area contributed by atoms with Crippen molar-refractivity contribution in [1.82, 2.24) is 5.32 Å². The van der Waals surface area contributed by atoms with E-state index in [1.54, 1.807) is 0 Å². The van der Waals surface area contributed by atoms with Gasteiger partial charge in [0.15, 0.2) is 11.8 Å². The number of nitrogens with one attached hydrogen (secondary N) is 1. The van der Waals surface area contributed by atoms with Gasteiger partial charge >= 0.3 is 0 Å². The van der Waals surface area contributed by atoms with Crippen molar-refractivity contribution in [2.24, 2.45) is 11.8 Å². The molecule has 118 valence electrons. The van der Waals surface area contributed by atoms with E-state index in [1.807, 2.05) is 6.92 Å². The number of aliphatic hydroxyl groups is 1. The molecule has 0 saturated carbocycles. The number of aliphatic hydroxyl groups excluding tert-OH is 1. The monoisotopic (exact) mass is 301 g/mol. The van der Waals surface area contributed by atoms with Crippen molar-refractivity contribution in [3.8, 4) is 0 Å². The van der Waals surface area contributed by atoms with E-state index in [0.29, 0.717) is 26.1 Å². The predicted molar refractivity (Wildman–Crippen MR) is 67.0 cm³/mol. The topological polar surface area (TPSA) is 103 Å².